The lowest BCUT2D eigenvalue weighted by Gasteiger charge is -2.10. The van der Waals surface area contributed by atoms with Crippen molar-refractivity contribution in [2.75, 3.05) is 11.8 Å². The lowest BCUT2D eigenvalue weighted by Crippen LogP contribution is -2.21. The number of ether oxygens (including phenoxy) is 1. The molecule has 0 aliphatic heterocycles. The van der Waals surface area contributed by atoms with E-state index in [1.807, 2.05) is 36.4 Å². The van der Waals surface area contributed by atoms with Crippen molar-refractivity contribution >= 4 is 27.3 Å². The maximum Gasteiger partial charge on any atom is 0.271 e. The van der Waals surface area contributed by atoms with Crippen LogP contribution in [0.4, 0.5) is 5.69 Å². The third-order valence-corrected chi connectivity index (χ3v) is 6.35. The number of carbonyl (C=O) groups is 1. The third kappa shape index (κ3) is 5.90. The zero-order valence-electron chi connectivity index (χ0n) is 18.8. The van der Waals surface area contributed by atoms with E-state index in [9.17, 15) is 13.2 Å². The van der Waals surface area contributed by atoms with Gasteiger partial charge in [0.25, 0.3) is 15.9 Å². The molecule has 3 aromatic carbocycles. The van der Waals surface area contributed by atoms with Crippen LogP contribution in [0.25, 0.3) is 0 Å². The van der Waals surface area contributed by atoms with Gasteiger partial charge in [0, 0.05) is 23.0 Å². The predicted octanol–water partition coefficient (Wildman–Crippen LogP) is 4.07. The number of aromatic nitrogens is 1. The molecule has 2 N–H and O–H groups in total. The van der Waals surface area contributed by atoms with Crippen molar-refractivity contribution in [2.45, 2.75) is 4.90 Å². The molecule has 0 fully saturated rings. The van der Waals surface area contributed by atoms with Crippen molar-refractivity contribution in [3.05, 3.63) is 120 Å². The first-order valence-corrected chi connectivity index (χ1v) is 12.1. The minimum Gasteiger partial charge on any atom is -0.497 e. The number of benzene rings is 3. The lowest BCUT2D eigenvalue weighted by molar-refractivity contribution is 0.0954. The normalized spacial score (nSPS) is 11.5. The van der Waals surface area contributed by atoms with Crippen LogP contribution in [-0.4, -0.2) is 32.1 Å². The number of amides is 1. The number of hydrogen-bond acceptors (Lipinski definition) is 6. The molecule has 176 valence electrons. The third-order valence-electron chi connectivity index (χ3n) is 4.97. The van der Waals surface area contributed by atoms with E-state index in [2.05, 4.69) is 20.2 Å². The SMILES string of the molecule is COc1ccc(NS(=O)(=O)c2cccc(C(=O)N/N=C(\c3ccccc3)c3ccccn3)c2)cc1. The molecule has 1 amide bonds. The molecule has 8 nitrogen and oxygen atoms in total. The Bertz CT molecular complexity index is 1400. The van der Waals surface area contributed by atoms with Crippen molar-refractivity contribution in [3.63, 3.8) is 0 Å². The molecule has 0 aliphatic carbocycles. The van der Waals surface area contributed by atoms with E-state index >= 15 is 0 Å². The predicted molar refractivity (Wildman–Crippen MR) is 134 cm³/mol. The van der Waals surface area contributed by atoms with Gasteiger partial charge in [-0.2, -0.15) is 5.10 Å². The number of nitrogens with one attached hydrogen (secondary N) is 2. The molecule has 0 atom stereocenters. The summed E-state index contributed by atoms with van der Waals surface area (Å²) in [6.45, 7) is 0. The highest BCUT2D eigenvalue weighted by Gasteiger charge is 2.17. The molecule has 0 bridgehead atoms. The van der Waals surface area contributed by atoms with Gasteiger partial charge in [-0.05, 0) is 54.6 Å². The molecule has 4 rings (SSSR count). The maximum absolute atomic E-state index is 12.9. The molecule has 0 spiro atoms. The Morgan fingerprint density at radius 2 is 1.57 bits per heavy atom. The number of sulfonamides is 1. The summed E-state index contributed by atoms with van der Waals surface area (Å²) in [7, 11) is -2.40. The minimum atomic E-state index is -3.92. The zero-order chi connectivity index (χ0) is 24.7. The van der Waals surface area contributed by atoms with Gasteiger partial charge in [-0.15, -0.1) is 0 Å². The first-order chi connectivity index (χ1) is 17.0. The fourth-order valence-electron chi connectivity index (χ4n) is 3.22. The van der Waals surface area contributed by atoms with E-state index in [-0.39, 0.29) is 10.5 Å². The molecule has 1 aromatic heterocycles. The number of anilines is 1. The van der Waals surface area contributed by atoms with Crippen molar-refractivity contribution in [1.29, 1.82) is 0 Å². The molecule has 0 unspecified atom stereocenters. The van der Waals surface area contributed by atoms with Gasteiger partial charge in [-0.3, -0.25) is 14.5 Å². The van der Waals surface area contributed by atoms with Crippen LogP contribution in [0.5, 0.6) is 5.75 Å². The van der Waals surface area contributed by atoms with Crippen molar-refractivity contribution in [1.82, 2.24) is 10.4 Å². The monoisotopic (exact) mass is 486 g/mol. The summed E-state index contributed by atoms with van der Waals surface area (Å²) in [4.78, 5) is 17.1. The average molecular weight is 487 g/mol. The van der Waals surface area contributed by atoms with Crippen molar-refractivity contribution in [2.24, 2.45) is 5.10 Å². The van der Waals surface area contributed by atoms with E-state index in [0.29, 0.717) is 22.8 Å². The Balaban J connectivity index is 1.56. The first kappa shape index (κ1) is 23.7. The fourth-order valence-corrected chi connectivity index (χ4v) is 4.32. The number of hydrogen-bond donors (Lipinski definition) is 2. The summed E-state index contributed by atoms with van der Waals surface area (Å²) >= 11 is 0. The van der Waals surface area contributed by atoms with Gasteiger partial charge in [0.2, 0.25) is 0 Å². The van der Waals surface area contributed by atoms with Crippen LogP contribution in [0.3, 0.4) is 0 Å². The van der Waals surface area contributed by atoms with Crippen molar-refractivity contribution < 1.29 is 17.9 Å². The highest BCUT2D eigenvalue weighted by molar-refractivity contribution is 7.92. The summed E-state index contributed by atoms with van der Waals surface area (Å²) < 4.78 is 33.3. The molecule has 4 aromatic rings. The van der Waals surface area contributed by atoms with E-state index in [1.165, 1.54) is 31.4 Å². The zero-order valence-corrected chi connectivity index (χ0v) is 19.6. The van der Waals surface area contributed by atoms with E-state index in [4.69, 9.17) is 4.74 Å². The smallest absolute Gasteiger partial charge is 0.271 e. The molecular formula is C26H22N4O4S. The van der Waals surface area contributed by atoms with E-state index in [1.54, 1.807) is 42.6 Å². The molecule has 0 aliphatic rings. The number of rotatable bonds is 8. The van der Waals surface area contributed by atoms with Gasteiger partial charge >= 0.3 is 0 Å². The summed E-state index contributed by atoms with van der Waals surface area (Å²) in [5.74, 6) is 0.0450. The van der Waals surface area contributed by atoms with Crippen LogP contribution in [0, 0.1) is 0 Å². The Kier molecular flexibility index (Phi) is 7.18. The average Bonchev–Trinajstić information content (AvgIpc) is 2.90. The Hall–Kier alpha value is -4.50. The van der Waals surface area contributed by atoms with E-state index in [0.717, 1.165) is 5.56 Å². The maximum atomic E-state index is 12.9. The second kappa shape index (κ2) is 10.6. The van der Waals surface area contributed by atoms with Crippen LogP contribution >= 0.6 is 0 Å². The highest BCUT2D eigenvalue weighted by atomic mass is 32.2. The molecule has 9 heteroatoms. The first-order valence-electron chi connectivity index (χ1n) is 10.6. The molecule has 35 heavy (non-hydrogen) atoms. The second-order valence-electron chi connectivity index (χ2n) is 7.34. The molecule has 0 radical (unpaired) electrons. The number of hydrazone groups is 1. The second-order valence-corrected chi connectivity index (χ2v) is 9.03. The topological polar surface area (TPSA) is 110 Å². The van der Waals surface area contributed by atoms with Crippen LogP contribution < -0.4 is 14.9 Å². The van der Waals surface area contributed by atoms with Gasteiger partial charge in [0.05, 0.1) is 17.7 Å². The van der Waals surface area contributed by atoms with Gasteiger partial charge in [0.1, 0.15) is 11.5 Å². The Morgan fingerprint density at radius 1 is 0.857 bits per heavy atom. The van der Waals surface area contributed by atoms with Gasteiger partial charge in [-0.1, -0.05) is 42.5 Å². The van der Waals surface area contributed by atoms with Gasteiger partial charge in [0.15, 0.2) is 0 Å². The van der Waals surface area contributed by atoms with Crippen LogP contribution in [0.15, 0.2) is 113 Å². The van der Waals surface area contributed by atoms with Crippen LogP contribution in [0.2, 0.25) is 0 Å². The quantitative estimate of drug-likeness (QED) is 0.288. The van der Waals surface area contributed by atoms with E-state index < -0.39 is 15.9 Å². The van der Waals surface area contributed by atoms with Crippen LogP contribution in [0.1, 0.15) is 21.6 Å². The van der Waals surface area contributed by atoms with Crippen molar-refractivity contribution in [3.8, 4) is 5.75 Å². The molecule has 0 saturated carbocycles. The summed E-state index contributed by atoms with van der Waals surface area (Å²) in [5.41, 5.74) is 4.85. The van der Waals surface area contributed by atoms with Gasteiger partial charge < -0.3 is 4.74 Å². The lowest BCUT2D eigenvalue weighted by atomic mass is 10.1. The number of carbonyl (C=O) groups excluding carboxylic acids is 1. The summed E-state index contributed by atoms with van der Waals surface area (Å²) in [5, 5.41) is 4.29. The number of methoxy groups -OCH3 is 1. The summed E-state index contributed by atoms with van der Waals surface area (Å²) in [6, 6.07) is 26.9. The number of nitrogens with zero attached hydrogens (tertiary/aromatic N) is 2. The summed E-state index contributed by atoms with van der Waals surface area (Å²) in [6.07, 6.45) is 1.64. The molecule has 0 saturated heterocycles. The number of pyridine rings is 1. The Morgan fingerprint density at radius 3 is 2.26 bits per heavy atom. The minimum absolute atomic E-state index is 0.0574. The van der Waals surface area contributed by atoms with Crippen LogP contribution in [-0.2, 0) is 10.0 Å². The standard InChI is InChI=1S/C26H22N4O4S/c1-34-22-15-13-21(14-16-22)30-35(32,33)23-11-7-10-20(18-23)26(31)29-28-25(19-8-3-2-4-9-19)24-12-5-6-17-27-24/h2-18,30H,1H3,(H,29,31)/b28-25+. The fraction of sp³-hybridized carbons (Fsp3) is 0.0385. The largest absolute Gasteiger partial charge is 0.497 e. The molecule has 1 heterocycles. The van der Waals surface area contributed by atoms with Gasteiger partial charge in [-0.25, -0.2) is 13.8 Å². The molecular weight excluding hydrogens is 464 g/mol. The highest BCUT2D eigenvalue weighted by Crippen LogP contribution is 2.20. The Labute approximate surface area is 203 Å².